The van der Waals surface area contributed by atoms with Gasteiger partial charge in [-0.2, -0.15) is 0 Å². The van der Waals surface area contributed by atoms with Crippen molar-refractivity contribution in [3.05, 3.63) is 53.9 Å². The molecule has 3 N–H and O–H groups in total. The normalized spacial score (nSPS) is 14.5. The fourth-order valence-corrected chi connectivity index (χ4v) is 3.89. The number of hydrogen-bond donors (Lipinski definition) is 3. The molecule has 13 nitrogen and oxygen atoms in total. The molecular weight excluding hydrogens is 522 g/mol. The number of nitrogens with one attached hydrogen (secondary N) is 1. The summed E-state index contributed by atoms with van der Waals surface area (Å²) in [5.74, 6) is -1.93. The fourth-order valence-electron chi connectivity index (χ4n) is 3.89. The molecule has 2 heterocycles. The first kappa shape index (κ1) is 30.2. The van der Waals surface area contributed by atoms with Crippen LogP contribution in [0.3, 0.4) is 0 Å². The van der Waals surface area contributed by atoms with Crippen molar-refractivity contribution in [3.8, 4) is 11.4 Å². The summed E-state index contributed by atoms with van der Waals surface area (Å²) >= 11 is 0. The highest BCUT2D eigenvalue weighted by Crippen LogP contribution is 2.17. The van der Waals surface area contributed by atoms with E-state index in [0.29, 0.717) is 23.5 Å². The number of aliphatic hydroxyl groups is 1. The third kappa shape index (κ3) is 9.13. The minimum Gasteiger partial charge on any atom is -0.481 e. The first-order valence-corrected chi connectivity index (χ1v) is 12.9. The van der Waals surface area contributed by atoms with Crippen molar-refractivity contribution in [2.75, 3.05) is 39.4 Å². The van der Waals surface area contributed by atoms with E-state index >= 15 is 0 Å². The molecule has 1 atom stereocenters. The van der Waals surface area contributed by atoms with E-state index in [1.807, 2.05) is 18.2 Å². The lowest BCUT2D eigenvalue weighted by atomic mass is 10.1. The standard InChI is InChI=1S/C27H33N5O8/c1-2-39-27(38)40-32-15-13-31(14-16-32)26(37)21(11-12-23(34)35)30-25(36)22-18-20(10-6-7-17-33)28-24(29-22)19-8-4-3-5-9-19/h3-6,8-10,18,21,33H,2,7,11-17H2,1H3,(H,30,36)(H,34,35)/b10-6+/t21-/m0/s1. The van der Waals surface area contributed by atoms with Crippen LogP contribution >= 0.6 is 0 Å². The lowest BCUT2D eigenvalue weighted by Crippen LogP contribution is -2.55. The molecule has 1 fully saturated rings. The van der Waals surface area contributed by atoms with Gasteiger partial charge < -0.3 is 30.0 Å². The van der Waals surface area contributed by atoms with Crippen LogP contribution in [0.2, 0.25) is 0 Å². The predicted octanol–water partition coefficient (Wildman–Crippen LogP) is 1.73. The quantitative estimate of drug-likeness (QED) is 0.326. The van der Waals surface area contributed by atoms with Gasteiger partial charge in [0.25, 0.3) is 5.91 Å². The van der Waals surface area contributed by atoms with Gasteiger partial charge in [-0.15, -0.1) is 5.06 Å². The third-order valence-corrected chi connectivity index (χ3v) is 5.86. The topological polar surface area (TPSA) is 171 Å². The number of nitrogens with zero attached hydrogens (tertiary/aromatic N) is 4. The summed E-state index contributed by atoms with van der Waals surface area (Å²) in [6.45, 7) is 2.62. The number of carbonyl (C=O) groups excluding carboxylic acids is 3. The van der Waals surface area contributed by atoms with Crippen LogP contribution in [0.4, 0.5) is 4.79 Å². The number of rotatable bonds is 12. The summed E-state index contributed by atoms with van der Waals surface area (Å²) in [7, 11) is 0. The molecule has 1 aromatic carbocycles. The summed E-state index contributed by atoms with van der Waals surface area (Å²) in [6, 6.07) is 9.38. The molecule has 1 aromatic heterocycles. The van der Waals surface area contributed by atoms with Gasteiger partial charge in [0.2, 0.25) is 5.91 Å². The van der Waals surface area contributed by atoms with Crippen molar-refractivity contribution in [3.63, 3.8) is 0 Å². The summed E-state index contributed by atoms with van der Waals surface area (Å²) in [4.78, 5) is 64.9. The molecule has 0 unspecified atom stereocenters. The summed E-state index contributed by atoms with van der Waals surface area (Å²) in [5, 5.41) is 22.3. The SMILES string of the molecule is CCOC(=O)ON1CCN(C(=O)[C@H](CCC(=O)O)NC(=O)c2cc(/C=C/CCO)nc(-c3ccccc3)n2)CC1. The third-order valence-electron chi connectivity index (χ3n) is 5.86. The highest BCUT2D eigenvalue weighted by molar-refractivity contribution is 5.97. The van der Waals surface area contributed by atoms with Crippen LogP contribution < -0.4 is 5.32 Å². The zero-order chi connectivity index (χ0) is 28.9. The Morgan fingerprint density at radius 2 is 1.82 bits per heavy atom. The highest BCUT2D eigenvalue weighted by atomic mass is 16.8. The summed E-state index contributed by atoms with van der Waals surface area (Å²) in [5.41, 5.74) is 1.10. The number of hydroxylamine groups is 2. The van der Waals surface area contributed by atoms with Crippen LogP contribution in [0, 0.1) is 0 Å². The Balaban J connectivity index is 1.77. The first-order chi connectivity index (χ1) is 19.3. The minimum absolute atomic E-state index is 0.00159. The molecule has 2 aromatic rings. The number of aliphatic hydroxyl groups excluding tert-OH is 1. The van der Waals surface area contributed by atoms with Crippen LogP contribution in [0.5, 0.6) is 0 Å². The number of hydrogen-bond acceptors (Lipinski definition) is 10. The molecule has 1 saturated heterocycles. The van der Waals surface area contributed by atoms with E-state index < -0.39 is 30.0 Å². The van der Waals surface area contributed by atoms with Crippen molar-refractivity contribution in [2.24, 2.45) is 0 Å². The lowest BCUT2D eigenvalue weighted by Gasteiger charge is -2.35. The second-order valence-corrected chi connectivity index (χ2v) is 8.77. The van der Waals surface area contributed by atoms with Gasteiger partial charge in [0, 0.05) is 31.7 Å². The molecule has 3 rings (SSSR count). The number of benzene rings is 1. The van der Waals surface area contributed by atoms with Gasteiger partial charge in [-0.25, -0.2) is 14.8 Å². The number of aromatic nitrogens is 2. The molecule has 1 aliphatic heterocycles. The molecule has 40 heavy (non-hydrogen) atoms. The van der Waals surface area contributed by atoms with Crippen LogP contribution in [-0.4, -0.2) is 99.5 Å². The number of carboxylic acid groups (broad SMARTS) is 1. The molecule has 1 aliphatic rings. The van der Waals surface area contributed by atoms with Gasteiger partial charge >= 0.3 is 12.1 Å². The van der Waals surface area contributed by atoms with Gasteiger partial charge in [0.1, 0.15) is 11.7 Å². The van der Waals surface area contributed by atoms with Gasteiger partial charge in [-0.1, -0.05) is 36.4 Å². The Morgan fingerprint density at radius 3 is 2.48 bits per heavy atom. The molecule has 0 spiro atoms. The number of aliphatic carboxylic acids is 1. The maximum atomic E-state index is 13.3. The summed E-state index contributed by atoms with van der Waals surface area (Å²) in [6.07, 6.45) is 2.47. The van der Waals surface area contributed by atoms with Crippen LogP contribution in [-0.2, 0) is 19.2 Å². The highest BCUT2D eigenvalue weighted by Gasteiger charge is 2.31. The zero-order valence-electron chi connectivity index (χ0n) is 22.2. The van der Waals surface area contributed by atoms with Crippen molar-refractivity contribution < 1.29 is 39.0 Å². The first-order valence-electron chi connectivity index (χ1n) is 12.9. The molecule has 2 amide bonds. The minimum atomic E-state index is -1.12. The fraction of sp³-hybridized carbons (Fsp3) is 0.407. The molecule has 0 saturated carbocycles. The molecule has 0 bridgehead atoms. The van der Waals surface area contributed by atoms with Crippen molar-refractivity contribution in [1.82, 2.24) is 25.2 Å². The Kier molecular flexibility index (Phi) is 11.5. The maximum Gasteiger partial charge on any atom is 0.527 e. The van der Waals surface area contributed by atoms with Gasteiger partial charge in [0.15, 0.2) is 5.82 Å². The Labute approximate surface area is 231 Å². The average molecular weight is 556 g/mol. The second kappa shape index (κ2) is 15.3. The number of ether oxygens (including phenoxy) is 1. The van der Waals surface area contributed by atoms with Crippen LogP contribution in [0.15, 0.2) is 42.5 Å². The summed E-state index contributed by atoms with van der Waals surface area (Å²) < 4.78 is 4.76. The van der Waals surface area contributed by atoms with Crippen LogP contribution in [0.1, 0.15) is 42.4 Å². The molecule has 214 valence electrons. The van der Waals surface area contributed by atoms with Gasteiger partial charge in [0.05, 0.1) is 25.4 Å². The average Bonchev–Trinajstić information content (AvgIpc) is 2.95. The van der Waals surface area contributed by atoms with Gasteiger partial charge in [-0.05, 0) is 31.9 Å². The Bertz CT molecular complexity index is 1200. The van der Waals surface area contributed by atoms with Crippen LogP contribution in [0.25, 0.3) is 17.5 Å². The molecular formula is C27H33N5O8. The number of amides is 2. The van der Waals surface area contributed by atoms with Crippen molar-refractivity contribution in [1.29, 1.82) is 0 Å². The number of carbonyl (C=O) groups is 4. The smallest absolute Gasteiger partial charge is 0.481 e. The Morgan fingerprint density at radius 1 is 1.10 bits per heavy atom. The van der Waals surface area contributed by atoms with E-state index in [-0.39, 0.29) is 57.9 Å². The largest absolute Gasteiger partial charge is 0.527 e. The van der Waals surface area contributed by atoms with Crippen molar-refractivity contribution >= 4 is 30.0 Å². The van der Waals surface area contributed by atoms with E-state index in [2.05, 4.69) is 15.3 Å². The van der Waals surface area contributed by atoms with Crippen molar-refractivity contribution in [2.45, 2.75) is 32.2 Å². The molecule has 0 aliphatic carbocycles. The lowest BCUT2D eigenvalue weighted by molar-refractivity contribution is -0.157. The van der Waals surface area contributed by atoms with E-state index in [9.17, 15) is 24.3 Å². The van der Waals surface area contributed by atoms with E-state index in [4.69, 9.17) is 14.7 Å². The van der Waals surface area contributed by atoms with E-state index in [1.54, 1.807) is 31.2 Å². The number of carboxylic acids is 1. The Hall–Kier alpha value is -4.36. The molecule has 0 radical (unpaired) electrons. The number of piperazine rings is 1. The molecule has 13 heteroatoms. The zero-order valence-corrected chi connectivity index (χ0v) is 22.2. The van der Waals surface area contributed by atoms with E-state index in [0.717, 1.165) is 0 Å². The maximum absolute atomic E-state index is 13.3. The second-order valence-electron chi connectivity index (χ2n) is 8.77. The predicted molar refractivity (Wildman–Crippen MR) is 143 cm³/mol. The van der Waals surface area contributed by atoms with E-state index in [1.165, 1.54) is 16.0 Å². The van der Waals surface area contributed by atoms with Gasteiger partial charge in [-0.3, -0.25) is 14.4 Å². The monoisotopic (exact) mass is 555 g/mol.